The minimum Gasteiger partial charge on any atom is -0.491 e. The van der Waals surface area contributed by atoms with E-state index in [-0.39, 0.29) is 11.7 Å². The van der Waals surface area contributed by atoms with Gasteiger partial charge in [0.25, 0.3) is 0 Å². The van der Waals surface area contributed by atoms with Gasteiger partial charge in [-0.05, 0) is 25.0 Å². The Morgan fingerprint density at radius 3 is 3.06 bits per heavy atom. The molecule has 16 heavy (non-hydrogen) atoms. The van der Waals surface area contributed by atoms with Crippen LogP contribution in [0, 0.1) is 17.1 Å². The Hall–Kier alpha value is -1.60. The van der Waals surface area contributed by atoms with Crippen LogP contribution < -0.4 is 4.74 Å². The Morgan fingerprint density at radius 2 is 2.44 bits per heavy atom. The van der Waals surface area contributed by atoms with Gasteiger partial charge in [-0.2, -0.15) is 5.26 Å². The molecule has 1 aromatic carbocycles. The molecule has 1 atom stereocenters. The van der Waals surface area contributed by atoms with Gasteiger partial charge in [-0.25, -0.2) is 4.39 Å². The van der Waals surface area contributed by atoms with E-state index in [0.717, 1.165) is 19.4 Å². The fraction of sp³-hybridized carbons (Fsp3) is 0.417. The average Bonchev–Trinajstić information content (AvgIpc) is 2.79. The third kappa shape index (κ3) is 2.50. The second kappa shape index (κ2) is 4.95. The van der Waals surface area contributed by atoms with Gasteiger partial charge in [-0.3, -0.25) is 0 Å². The third-order valence-corrected chi connectivity index (χ3v) is 2.52. The highest BCUT2D eigenvalue weighted by atomic mass is 19.1. The summed E-state index contributed by atoms with van der Waals surface area (Å²) in [7, 11) is 0. The van der Waals surface area contributed by atoms with Crippen LogP contribution in [-0.2, 0) is 4.74 Å². The number of nitrogens with zero attached hydrogens (tertiary/aromatic N) is 1. The zero-order valence-electron chi connectivity index (χ0n) is 8.78. The molecule has 1 aromatic rings. The van der Waals surface area contributed by atoms with E-state index in [0.29, 0.717) is 12.4 Å². The van der Waals surface area contributed by atoms with E-state index < -0.39 is 5.82 Å². The van der Waals surface area contributed by atoms with Crippen molar-refractivity contribution in [1.29, 1.82) is 5.26 Å². The summed E-state index contributed by atoms with van der Waals surface area (Å²) < 4.78 is 24.0. The van der Waals surface area contributed by atoms with E-state index in [4.69, 9.17) is 14.7 Å². The number of benzene rings is 1. The smallest absolute Gasteiger partial charge is 0.144 e. The summed E-state index contributed by atoms with van der Waals surface area (Å²) in [6.45, 7) is 1.21. The topological polar surface area (TPSA) is 42.2 Å². The van der Waals surface area contributed by atoms with Crippen molar-refractivity contribution < 1.29 is 13.9 Å². The predicted molar refractivity (Wildman–Crippen MR) is 55.6 cm³/mol. The normalized spacial score (nSPS) is 19.4. The van der Waals surface area contributed by atoms with Crippen molar-refractivity contribution in [2.24, 2.45) is 0 Å². The van der Waals surface area contributed by atoms with Gasteiger partial charge in [0.05, 0.1) is 11.7 Å². The quantitative estimate of drug-likeness (QED) is 0.786. The fourth-order valence-electron chi connectivity index (χ4n) is 1.64. The summed E-state index contributed by atoms with van der Waals surface area (Å²) in [6.07, 6.45) is 2.15. The monoisotopic (exact) mass is 221 g/mol. The number of nitriles is 1. The van der Waals surface area contributed by atoms with Crippen LogP contribution in [0.1, 0.15) is 18.4 Å². The number of ether oxygens (including phenoxy) is 2. The van der Waals surface area contributed by atoms with Crippen LogP contribution in [0.25, 0.3) is 0 Å². The minimum atomic E-state index is -0.549. The van der Waals surface area contributed by atoms with E-state index >= 15 is 0 Å². The number of halogens is 1. The highest BCUT2D eigenvalue weighted by molar-refractivity contribution is 5.36. The Kier molecular flexibility index (Phi) is 3.37. The van der Waals surface area contributed by atoms with Crippen LogP contribution in [0.5, 0.6) is 5.75 Å². The molecule has 0 spiro atoms. The first-order valence-electron chi connectivity index (χ1n) is 5.23. The highest BCUT2D eigenvalue weighted by Crippen LogP contribution is 2.18. The molecule has 1 saturated heterocycles. The van der Waals surface area contributed by atoms with Crippen molar-refractivity contribution in [2.45, 2.75) is 18.9 Å². The third-order valence-electron chi connectivity index (χ3n) is 2.52. The van der Waals surface area contributed by atoms with E-state index in [1.54, 1.807) is 12.1 Å². The summed E-state index contributed by atoms with van der Waals surface area (Å²) in [5, 5.41) is 8.56. The fourth-order valence-corrected chi connectivity index (χ4v) is 1.64. The van der Waals surface area contributed by atoms with E-state index in [2.05, 4.69) is 0 Å². The molecule has 0 aliphatic carbocycles. The molecule has 84 valence electrons. The lowest BCUT2D eigenvalue weighted by Crippen LogP contribution is -2.16. The standard InChI is InChI=1S/C12H12FNO2/c13-12-6-10(4-3-9(12)7-14)16-8-11-2-1-5-15-11/h3-4,6,11H,1-2,5,8H2. The lowest BCUT2D eigenvalue weighted by atomic mass is 10.2. The van der Waals surface area contributed by atoms with Crippen LogP contribution in [0.4, 0.5) is 4.39 Å². The molecule has 0 saturated carbocycles. The molecule has 0 aromatic heterocycles. The van der Waals surface area contributed by atoms with Crippen molar-refractivity contribution in [1.82, 2.24) is 0 Å². The maximum absolute atomic E-state index is 13.2. The van der Waals surface area contributed by atoms with Gasteiger partial charge in [0, 0.05) is 12.7 Å². The predicted octanol–water partition coefficient (Wildman–Crippen LogP) is 2.26. The van der Waals surface area contributed by atoms with E-state index in [1.165, 1.54) is 12.1 Å². The van der Waals surface area contributed by atoms with Crippen molar-refractivity contribution >= 4 is 0 Å². The lowest BCUT2D eigenvalue weighted by Gasteiger charge is -2.11. The maximum Gasteiger partial charge on any atom is 0.144 e. The molecule has 3 nitrogen and oxygen atoms in total. The Morgan fingerprint density at radius 1 is 1.56 bits per heavy atom. The summed E-state index contributed by atoms with van der Waals surface area (Å²) in [5.74, 6) is -0.112. The van der Waals surface area contributed by atoms with E-state index in [1.807, 2.05) is 0 Å². The molecular formula is C12H12FNO2. The Labute approximate surface area is 93.4 Å². The summed E-state index contributed by atoms with van der Waals surface area (Å²) in [5.41, 5.74) is 0.0319. The number of hydrogen-bond donors (Lipinski definition) is 0. The minimum absolute atomic E-state index is 0.0319. The number of rotatable bonds is 3. The molecule has 4 heteroatoms. The first-order chi connectivity index (χ1) is 7.79. The zero-order chi connectivity index (χ0) is 11.4. The van der Waals surface area contributed by atoms with Crippen LogP contribution in [0.2, 0.25) is 0 Å². The Bertz CT molecular complexity index is 408. The first kappa shape index (κ1) is 10.9. The Balaban J connectivity index is 1.94. The molecule has 0 N–H and O–H groups in total. The molecule has 0 bridgehead atoms. The van der Waals surface area contributed by atoms with Gasteiger partial charge < -0.3 is 9.47 Å². The van der Waals surface area contributed by atoms with Gasteiger partial charge >= 0.3 is 0 Å². The number of hydrogen-bond acceptors (Lipinski definition) is 3. The summed E-state index contributed by atoms with van der Waals surface area (Å²) >= 11 is 0. The largest absolute Gasteiger partial charge is 0.491 e. The van der Waals surface area contributed by atoms with Crippen molar-refractivity contribution in [2.75, 3.05) is 13.2 Å². The van der Waals surface area contributed by atoms with Gasteiger partial charge in [0.1, 0.15) is 24.2 Å². The summed E-state index contributed by atoms with van der Waals surface area (Å²) in [6, 6.07) is 6.00. The molecule has 0 amide bonds. The highest BCUT2D eigenvalue weighted by Gasteiger charge is 2.16. The van der Waals surface area contributed by atoms with Crippen LogP contribution in [0.15, 0.2) is 18.2 Å². The molecule has 1 unspecified atom stereocenters. The van der Waals surface area contributed by atoms with Gasteiger partial charge in [0.15, 0.2) is 0 Å². The summed E-state index contributed by atoms with van der Waals surface area (Å²) in [4.78, 5) is 0. The van der Waals surface area contributed by atoms with Gasteiger partial charge in [-0.1, -0.05) is 0 Å². The molecule has 2 rings (SSSR count). The van der Waals surface area contributed by atoms with Crippen LogP contribution >= 0.6 is 0 Å². The van der Waals surface area contributed by atoms with Gasteiger partial charge in [0.2, 0.25) is 0 Å². The SMILES string of the molecule is N#Cc1ccc(OCC2CCCO2)cc1F. The average molecular weight is 221 g/mol. The molecule has 1 heterocycles. The zero-order valence-corrected chi connectivity index (χ0v) is 8.78. The lowest BCUT2D eigenvalue weighted by molar-refractivity contribution is 0.0678. The molecule has 1 aliphatic rings. The molecular weight excluding hydrogens is 209 g/mol. The second-order valence-corrected chi connectivity index (χ2v) is 3.70. The van der Waals surface area contributed by atoms with Crippen molar-refractivity contribution in [3.63, 3.8) is 0 Å². The van der Waals surface area contributed by atoms with Crippen LogP contribution in [0.3, 0.4) is 0 Å². The molecule has 1 aliphatic heterocycles. The molecule has 1 fully saturated rings. The second-order valence-electron chi connectivity index (χ2n) is 3.70. The molecule has 0 radical (unpaired) electrons. The van der Waals surface area contributed by atoms with E-state index in [9.17, 15) is 4.39 Å². The van der Waals surface area contributed by atoms with Crippen LogP contribution in [-0.4, -0.2) is 19.3 Å². The van der Waals surface area contributed by atoms with Crippen molar-refractivity contribution in [3.05, 3.63) is 29.6 Å². The van der Waals surface area contributed by atoms with Gasteiger partial charge in [-0.15, -0.1) is 0 Å². The first-order valence-corrected chi connectivity index (χ1v) is 5.23. The maximum atomic E-state index is 13.2. The van der Waals surface area contributed by atoms with Crippen molar-refractivity contribution in [3.8, 4) is 11.8 Å².